The van der Waals surface area contributed by atoms with Gasteiger partial charge in [0.25, 0.3) is 0 Å². The van der Waals surface area contributed by atoms with E-state index in [-0.39, 0.29) is 6.42 Å². The zero-order valence-corrected chi connectivity index (χ0v) is 10.9. The number of carboxylic acid groups (broad SMARTS) is 1. The fraction of sp³-hybridized carbons (Fsp3) is 0.286. The molecule has 2 aromatic rings. The van der Waals surface area contributed by atoms with Crippen molar-refractivity contribution in [2.24, 2.45) is 0 Å². The monoisotopic (exact) mass is 260 g/mol. The molecule has 0 bridgehead atoms. The van der Waals surface area contributed by atoms with Gasteiger partial charge in [-0.3, -0.25) is 9.89 Å². The number of ether oxygens (including phenoxy) is 1. The van der Waals surface area contributed by atoms with E-state index in [1.54, 1.807) is 7.11 Å². The summed E-state index contributed by atoms with van der Waals surface area (Å²) in [7, 11) is 1.62. The number of benzene rings is 1. The number of carbonyl (C=O) groups is 1. The van der Waals surface area contributed by atoms with Gasteiger partial charge in [0.2, 0.25) is 0 Å². The van der Waals surface area contributed by atoms with Gasteiger partial charge in [0.1, 0.15) is 5.75 Å². The van der Waals surface area contributed by atoms with Crippen LogP contribution in [0.5, 0.6) is 5.75 Å². The fourth-order valence-corrected chi connectivity index (χ4v) is 2.03. The van der Waals surface area contributed by atoms with Crippen LogP contribution in [-0.4, -0.2) is 28.4 Å². The fourth-order valence-electron chi connectivity index (χ4n) is 2.03. The van der Waals surface area contributed by atoms with Crippen LogP contribution in [0, 0.1) is 6.92 Å². The Morgan fingerprint density at radius 1 is 1.37 bits per heavy atom. The van der Waals surface area contributed by atoms with Gasteiger partial charge in [-0.25, -0.2) is 0 Å². The number of rotatable bonds is 5. The van der Waals surface area contributed by atoms with Crippen LogP contribution >= 0.6 is 0 Å². The normalized spacial score (nSPS) is 10.4. The highest BCUT2D eigenvalue weighted by atomic mass is 16.5. The summed E-state index contributed by atoms with van der Waals surface area (Å²) in [5, 5.41) is 15.9. The molecule has 0 unspecified atom stereocenters. The Morgan fingerprint density at radius 3 is 2.63 bits per heavy atom. The molecule has 2 rings (SSSR count). The Balaban J connectivity index is 2.31. The van der Waals surface area contributed by atoms with E-state index in [9.17, 15) is 4.79 Å². The van der Waals surface area contributed by atoms with Crippen LogP contribution < -0.4 is 4.74 Å². The van der Waals surface area contributed by atoms with E-state index < -0.39 is 5.97 Å². The third-order valence-electron chi connectivity index (χ3n) is 2.98. The minimum absolute atomic E-state index is 0.0768. The molecule has 0 fully saturated rings. The zero-order valence-electron chi connectivity index (χ0n) is 10.9. The Morgan fingerprint density at radius 2 is 2.05 bits per heavy atom. The molecule has 5 heteroatoms. The highest BCUT2D eigenvalue weighted by molar-refractivity contribution is 5.71. The first-order valence-corrected chi connectivity index (χ1v) is 6.02. The highest BCUT2D eigenvalue weighted by Gasteiger charge is 2.13. The molecule has 1 aromatic carbocycles. The number of hydrogen-bond donors (Lipinski definition) is 2. The van der Waals surface area contributed by atoms with E-state index in [1.807, 2.05) is 31.2 Å². The summed E-state index contributed by atoms with van der Waals surface area (Å²) in [6.07, 6.45) is 0.495. The van der Waals surface area contributed by atoms with Crippen LogP contribution in [0.15, 0.2) is 24.3 Å². The number of H-pyrrole nitrogens is 1. The van der Waals surface area contributed by atoms with Crippen LogP contribution in [0.3, 0.4) is 0 Å². The first-order valence-electron chi connectivity index (χ1n) is 6.02. The van der Waals surface area contributed by atoms with Crippen molar-refractivity contribution in [3.63, 3.8) is 0 Å². The Labute approximate surface area is 111 Å². The molecule has 1 aromatic heterocycles. The van der Waals surface area contributed by atoms with E-state index in [1.165, 1.54) is 0 Å². The van der Waals surface area contributed by atoms with E-state index >= 15 is 0 Å². The molecule has 0 aliphatic rings. The van der Waals surface area contributed by atoms with E-state index in [0.717, 1.165) is 28.3 Å². The van der Waals surface area contributed by atoms with Gasteiger partial charge in [-0.05, 0) is 24.6 Å². The lowest BCUT2D eigenvalue weighted by molar-refractivity contribution is -0.136. The summed E-state index contributed by atoms with van der Waals surface area (Å²) in [4.78, 5) is 10.7. The lowest BCUT2D eigenvalue weighted by atomic mass is 10.0. The number of aliphatic carboxylic acids is 1. The van der Waals surface area contributed by atoms with Gasteiger partial charge in [0.15, 0.2) is 0 Å². The smallest absolute Gasteiger partial charge is 0.303 e. The second-order valence-corrected chi connectivity index (χ2v) is 4.29. The Hall–Kier alpha value is -2.30. The van der Waals surface area contributed by atoms with Crippen LogP contribution in [0.2, 0.25) is 0 Å². The maximum atomic E-state index is 10.7. The van der Waals surface area contributed by atoms with Gasteiger partial charge in [0, 0.05) is 17.7 Å². The van der Waals surface area contributed by atoms with Crippen molar-refractivity contribution in [1.82, 2.24) is 10.2 Å². The molecule has 0 aliphatic heterocycles. The van der Waals surface area contributed by atoms with Gasteiger partial charge in [-0.1, -0.05) is 12.1 Å². The van der Waals surface area contributed by atoms with Crippen molar-refractivity contribution in [2.75, 3.05) is 7.11 Å². The topological polar surface area (TPSA) is 75.2 Å². The van der Waals surface area contributed by atoms with E-state index in [2.05, 4.69) is 10.2 Å². The minimum Gasteiger partial charge on any atom is -0.497 e. The van der Waals surface area contributed by atoms with Gasteiger partial charge >= 0.3 is 5.97 Å². The summed E-state index contributed by atoms with van der Waals surface area (Å²) >= 11 is 0. The summed E-state index contributed by atoms with van der Waals surface area (Å²) in [6, 6.07) is 7.65. The predicted molar refractivity (Wildman–Crippen MR) is 71.3 cm³/mol. The number of carboxylic acids is 1. The molecule has 0 saturated heterocycles. The van der Waals surface area contributed by atoms with E-state index in [4.69, 9.17) is 9.84 Å². The molecular formula is C14H16N2O3. The number of aromatic amines is 1. The summed E-state index contributed by atoms with van der Waals surface area (Å²) in [5.41, 5.74) is 3.70. The zero-order chi connectivity index (χ0) is 13.8. The molecule has 2 N–H and O–H groups in total. The van der Waals surface area contributed by atoms with Gasteiger partial charge in [-0.15, -0.1) is 0 Å². The minimum atomic E-state index is -0.818. The molecule has 0 spiro atoms. The molecule has 0 atom stereocenters. The first kappa shape index (κ1) is 13.1. The maximum Gasteiger partial charge on any atom is 0.303 e. The average Bonchev–Trinajstić information content (AvgIpc) is 2.78. The number of nitrogens with one attached hydrogen (secondary N) is 1. The van der Waals surface area contributed by atoms with Crippen molar-refractivity contribution in [3.8, 4) is 16.9 Å². The molecule has 100 valence electrons. The molecule has 0 radical (unpaired) electrons. The quantitative estimate of drug-likeness (QED) is 0.865. The molecular weight excluding hydrogens is 244 g/mol. The van der Waals surface area contributed by atoms with Crippen molar-refractivity contribution < 1.29 is 14.6 Å². The third-order valence-corrected chi connectivity index (χ3v) is 2.98. The van der Waals surface area contributed by atoms with Crippen molar-refractivity contribution in [2.45, 2.75) is 19.8 Å². The van der Waals surface area contributed by atoms with Crippen molar-refractivity contribution in [1.29, 1.82) is 0 Å². The summed E-state index contributed by atoms with van der Waals surface area (Å²) in [6.45, 7) is 1.93. The molecule has 0 amide bonds. The average molecular weight is 260 g/mol. The number of methoxy groups -OCH3 is 1. The van der Waals surface area contributed by atoms with Crippen molar-refractivity contribution in [3.05, 3.63) is 35.7 Å². The standard InChI is InChI=1S/C14H16N2O3/c1-9-14(10-3-5-11(19-2)6-4-10)12(16-15-9)7-8-13(17)18/h3-6H,7-8H2,1-2H3,(H,15,16)(H,17,18). The molecule has 0 aliphatic carbocycles. The predicted octanol–water partition coefficient (Wildman–Crippen LogP) is 2.41. The highest BCUT2D eigenvalue weighted by Crippen LogP contribution is 2.28. The third kappa shape index (κ3) is 2.93. The molecule has 19 heavy (non-hydrogen) atoms. The summed E-state index contributed by atoms with van der Waals surface area (Å²) in [5.74, 6) is -0.0293. The second kappa shape index (κ2) is 5.56. The van der Waals surface area contributed by atoms with Crippen LogP contribution in [0.4, 0.5) is 0 Å². The second-order valence-electron chi connectivity index (χ2n) is 4.29. The van der Waals surface area contributed by atoms with Crippen molar-refractivity contribution >= 4 is 5.97 Å². The maximum absolute atomic E-state index is 10.7. The lowest BCUT2D eigenvalue weighted by Gasteiger charge is -2.05. The number of nitrogens with zero attached hydrogens (tertiary/aromatic N) is 1. The van der Waals surface area contributed by atoms with Crippen LogP contribution in [0.1, 0.15) is 17.8 Å². The Kier molecular flexibility index (Phi) is 3.85. The van der Waals surface area contributed by atoms with Crippen LogP contribution in [-0.2, 0) is 11.2 Å². The van der Waals surface area contributed by atoms with Crippen LogP contribution in [0.25, 0.3) is 11.1 Å². The number of aryl methyl sites for hydroxylation is 2. The first-order chi connectivity index (χ1) is 9.11. The number of hydrogen-bond acceptors (Lipinski definition) is 3. The molecule has 0 saturated carbocycles. The SMILES string of the molecule is COc1ccc(-c2c(CCC(=O)O)n[nH]c2C)cc1. The van der Waals surface area contributed by atoms with Gasteiger partial charge in [-0.2, -0.15) is 5.10 Å². The van der Waals surface area contributed by atoms with Gasteiger partial charge < -0.3 is 9.84 Å². The Bertz CT molecular complexity index is 573. The number of aromatic nitrogens is 2. The summed E-state index contributed by atoms with van der Waals surface area (Å²) < 4.78 is 5.12. The largest absolute Gasteiger partial charge is 0.497 e. The lowest BCUT2D eigenvalue weighted by Crippen LogP contribution is -1.99. The van der Waals surface area contributed by atoms with E-state index in [0.29, 0.717) is 6.42 Å². The molecule has 5 nitrogen and oxygen atoms in total. The molecule has 1 heterocycles. The van der Waals surface area contributed by atoms with Gasteiger partial charge in [0.05, 0.1) is 19.2 Å².